The number of para-hydroxylation sites is 2. The summed E-state index contributed by atoms with van der Waals surface area (Å²) in [6.07, 6.45) is 0. The van der Waals surface area contributed by atoms with Crippen LogP contribution in [0.2, 0.25) is 0 Å². The normalized spacial score (nSPS) is 11.8. The van der Waals surface area contributed by atoms with E-state index in [4.69, 9.17) is 5.73 Å². The Morgan fingerprint density at radius 1 is 1.20 bits per heavy atom. The Labute approximate surface area is 153 Å². The molecular weight excluding hydrogens is 336 g/mol. The van der Waals surface area contributed by atoms with E-state index in [2.05, 4.69) is 27.9 Å². The van der Waals surface area contributed by atoms with Gasteiger partial charge in [0.05, 0.1) is 17.1 Å². The molecule has 0 saturated heterocycles. The zero-order valence-electron chi connectivity index (χ0n) is 14.4. The summed E-state index contributed by atoms with van der Waals surface area (Å²) in [6.45, 7) is 5.32. The Hall–Kier alpha value is -2.37. The smallest absolute Gasteiger partial charge is 0.251 e. The van der Waals surface area contributed by atoms with Crippen molar-refractivity contribution in [1.29, 1.82) is 0 Å². The van der Waals surface area contributed by atoms with Crippen LogP contribution in [0.15, 0.2) is 48.5 Å². The predicted octanol–water partition coefficient (Wildman–Crippen LogP) is 3.43. The van der Waals surface area contributed by atoms with Gasteiger partial charge in [0.1, 0.15) is 5.82 Å². The highest BCUT2D eigenvalue weighted by Gasteiger charge is 2.18. The third-order valence-corrected chi connectivity index (χ3v) is 4.19. The van der Waals surface area contributed by atoms with Crippen molar-refractivity contribution >= 4 is 29.3 Å². The first kappa shape index (κ1) is 19.0. The molecule has 0 aliphatic carbocycles. The molecule has 0 aliphatic heterocycles. The van der Waals surface area contributed by atoms with E-state index in [1.54, 1.807) is 12.1 Å². The van der Waals surface area contributed by atoms with Gasteiger partial charge in [-0.3, -0.25) is 4.79 Å². The Kier molecular flexibility index (Phi) is 6.17. The molecule has 1 amide bonds. The zero-order valence-corrected chi connectivity index (χ0v) is 15.2. The maximum Gasteiger partial charge on any atom is 0.251 e. The number of nitrogens with one attached hydrogen (secondary N) is 1. The van der Waals surface area contributed by atoms with Gasteiger partial charge in [-0.05, 0) is 43.7 Å². The fourth-order valence-corrected chi connectivity index (χ4v) is 2.89. The van der Waals surface area contributed by atoms with Crippen molar-refractivity contribution in [2.24, 2.45) is 5.73 Å². The van der Waals surface area contributed by atoms with E-state index in [0.29, 0.717) is 12.1 Å². The summed E-state index contributed by atoms with van der Waals surface area (Å²) in [5, 5.41) is 3.03. The van der Waals surface area contributed by atoms with Crippen LogP contribution in [0.3, 0.4) is 0 Å². The molecule has 2 aromatic carbocycles. The Bertz CT molecular complexity index is 857. The number of rotatable bonds is 5. The van der Waals surface area contributed by atoms with Gasteiger partial charge in [-0.1, -0.05) is 24.3 Å². The molecule has 5 nitrogen and oxygen atoms in total. The summed E-state index contributed by atoms with van der Waals surface area (Å²) in [7, 11) is 0. The van der Waals surface area contributed by atoms with Crippen molar-refractivity contribution in [3.05, 3.63) is 65.5 Å². The second-order valence-electron chi connectivity index (χ2n) is 5.80. The number of hydrogen-bond acceptors (Lipinski definition) is 3. The first-order valence-corrected chi connectivity index (χ1v) is 8.19. The summed E-state index contributed by atoms with van der Waals surface area (Å²) in [4.78, 5) is 17.2. The topological polar surface area (TPSA) is 72.9 Å². The Balaban J connectivity index is 0.00000225. The molecule has 6 heteroatoms. The monoisotopic (exact) mass is 358 g/mol. The molecule has 0 spiro atoms. The largest absolute Gasteiger partial charge is 0.342 e. The number of nitrogens with two attached hydrogens (primary N) is 1. The molecule has 0 saturated carbocycles. The molecule has 3 rings (SSSR count). The Morgan fingerprint density at radius 2 is 1.88 bits per heavy atom. The maximum absolute atomic E-state index is 12.5. The molecule has 132 valence electrons. The number of fused-ring (bicyclic) bond motifs is 1. The van der Waals surface area contributed by atoms with E-state index in [9.17, 15) is 4.79 Å². The predicted molar refractivity (Wildman–Crippen MR) is 103 cm³/mol. The van der Waals surface area contributed by atoms with Gasteiger partial charge in [0.15, 0.2) is 0 Å². The molecular formula is C19H23ClN4O. The van der Waals surface area contributed by atoms with Gasteiger partial charge in [0.25, 0.3) is 5.91 Å². The fraction of sp³-hybridized carbons (Fsp3) is 0.263. The van der Waals surface area contributed by atoms with Crippen molar-refractivity contribution < 1.29 is 4.79 Å². The van der Waals surface area contributed by atoms with Crippen molar-refractivity contribution in [3.63, 3.8) is 0 Å². The zero-order chi connectivity index (χ0) is 17.1. The molecule has 3 N–H and O–H groups in total. The second-order valence-corrected chi connectivity index (χ2v) is 5.80. The lowest BCUT2D eigenvalue weighted by atomic mass is 10.1. The number of halogens is 1. The number of nitrogens with zero attached hydrogens (tertiary/aromatic N) is 2. The molecule has 0 aliphatic rings. The summed E-state index contributed by atoms with van der Waals surface area (Å²) < 4.78 is 2.14. The SMILES string of the molecule is CCn1c(C(C)NC(=O)c2ccc(CN)cc2)nc2ccccc21.Cl. The number of carbonyl (C=O) groups is 1. The summed E-state index contributed by atoms with van der Waals surface area (Å²) >= 11 is 0. The standard InChI is InChI=1S/C19H22N4O.ClH/c1-3-23-17-7-5-4-6-16(17)22-18(23)13(2)21-19(24)15-10-8-14(12-20)9-11-15;/h4-11,13H,3,12,20H2,1-2H3,(H,21,24);1H. The lowest BCUT2D eigenvalue weighted by Gasteiger charge is -2.15. The van der Waals surface area contributed by atoms with Crippen LogP contribution in [0, 0.1) is 0 Å². The second kappa shape index (κ2) is 8.14. The van der Waals surface area contributed by atoms with E-state index < -0.39 is 0 Å². The van der Waals surface area contributed by atoms with Crippen molar-refractivity contribution in [2.75, 3.05) is 0 Å². The highest BCUT2D eigenvalue weighted by atomic mass is 35.5. The van der Waals surface area contributed by atoms with Crippen LogP contribution in [0.1, 0.15) is 41.6 Å². The summed E-state index contributed by atoms with van der Waals surface area (Å²) in [6, 6.07) is 15.2. The number of hydrogen-bond donors (Lipinski definition) is 2. The Morgan fingerprint density at radius 3 is 2.52 bits per heavy atom. The molecule has 1 heterocycles. The molecule has 3 aromatic rings. The van der Waals surface area contributed by atoms with E-state index in [1.807, 2.05) is 37.3 Å². The number of aryl methyl sites for hydroxylation is 1. The lowest BCUT2D eigenvalue weighted by molar-refractivity contribution is 0.0937. The number of imidazole rings is 1. The van der Waals surface area contributed by atoms with Crippen LogP contribution in [0.25, 0.3) is 11.0 Å². The molecule has 25 heavy (non-hydrogen) atoms. The van der Waals surface area contributed by atoms with Crippen LogP contribution in [0.5, 0.6) is 0 Å². The molecule has 1 unspecified atom stereocenters. The van der Waals surface area contributed by atoms with E-state index in [1.165, 1.54) is 0 Å². The van der Waals surface area contributed by atoms with Crippen LogP contribution < -0.4 is 11.1 Å². The van der Waals surface area contributed by atoms with Gasteiger partial charge in [0.2, 0.25) is 0 Å². The highest BCUT2D eigenvalue weighted by molar-refractivity contribution is 5.94. The number of aromatic nitrogens is 2. The molecule has 1 aromatic heterocycles. The van der Waals surface area contributed by atoms with Crippen molar-refractivity contribution in [1.82, 2.24) is 14.9 Å². The summed E-state index contributed by atoms with van der Waals surface area (Å²) in [5.41, 5.74) is 9.25. The number of benzene rings is 2. The average molecular weight is 359 g/mol. The third kappa shape index (κ3) is 3.83. The van der Waals surface area contributed by atoms with Crippen LogP contribution in [0.4, 0.5) is 0 Å². The van der Waals surface area contributed by atoms with Crippen molar-refractivity contribution in [3.8, 4) is 0 Å². The molecule has 1 atom stereocenters. The van der Waals surface area contributed by atoms with Gasteiger partial charge < -0.3 is 15.6 Å². The molecule has 0 radical (unpaired) electrons. The van der Waals surface area contributed by atoms with Gasteiger partial charge in [-0.15, -0.1) is 12.4 Å². The maximum atomic E-state index is 12.5. The minimum Gasteiger partial charge on any atom is -0.342 e. The van der Waals surface area contributed by atoms with E-state index in [-0.39, 0.29) is 24.4 Å². The van der Waals surface area contributed by atoms with Crippen molar-refractivity contribution in [2.45, 2.75) is 33.0 Å². The average Bonchev–Trinajstić information content (AvgIpc) is 3.00. The lowest BCUT2D eigenvalue weighted by Crippen LogP contribution is -2.28. The third-order valence-electron chi connectivity index (χ3n) is 4.19. The first-order chi connectivity index (χ1) is 11.6. The first-order valence-electron chi connectivity index (χ1n) is 8.19. The van der Waals surface area contributed by atoms with Gasteiger partial charge in [-0.25, -0.2) is 4.98 Å². The number of carbonyl (C=O) groups excluding carboxylic acids is 1. The van der Waals surface area contributed by atoms with Gasteiger partial charge in [-0.2, -0.15) is 0 Å². The van der Waals surface area contributed by atoms with Crippen LogP contribution >= 0.6 is 12.4 Å². The number of amides is 1. The minimum atomic E-state index is -0.181. The fourth-order valence-electron chi connectivity index (χ4n) is 2.89. The van der Waals surface area contributed by atoms with Crippen LogP contribution in [-0.2, 0) is 13.1 Å². The minimum absolute atomic E-state index is 0. The van der Waals surface area contributed by atoms with Crippen LogP contribution in [-0.4, -0.2) is 15.5 Å². The van der Waals surface area contributed by atoms with E-state index >= 15 is 0 Å². The van der Waals surface area contributed by atoms with Gasteiger partial charge in [0, 0.05) is 18.7 Å². The van der Waals surface area contributed by atoms with Gasteiger partial charge >= 0.3 is 0 Å². The quantitative estimate of drug-likeness (QED) is 0.733. The molecule has 0 bridgehead atoms. The highest BCUT2D eigenvalue weighted by Crippen LogP contribution is 2.21. The summed E-state index contributed by atoms with van der Waals surface area (Å²) in [5.74, 6) is 0.756. The molecule has 0 fully saturated rings. The van der Waals surface area contributed by atoms with E-state index in [0.717, 1.165) is 29.0 Å².